The highest BCUT2D eigenvalue weighted by molar-refractivity contribution is 6.35. The number of ether oxygens (including phenoxy) is 3. The average Bonchev–Trinajstić information content (AvgIpc) is 2.65. The SMILES string of the molecule is COc1cc(NC(=O)COC(=O)C=Cc2ccc(Cl)cc2Cl)cc(OC)c1. The molecule has 0 saturated heterocycles. The van der Waals surface area contributed by atoms with Gasteiger partial charge >= 0.3 is 5.97 Å². The monoisotopic (exact) mass is 409 g/mol. The first-order chi connectivity index (χ1) is 12.9. The van der Waals surface area contributed by atoms with Gasteiger partial charge in [-0.25, -0.2) is 4.79 Å². The summed E-state index contributed by atoms with van der Waals surface area (Å²) < 4.78 is 15.2. The van der Waals surface area contributed by atoms with Crippen molar-refractivity contribution >= 4 is 46.8 Å². The lowest BCUT2D eigenvalue weighted by atomic mass is 10.2. The van der Waals surface area contributed by atoms with E-state index in [-0.39, 0.29) is 0 Å². The van der Waals surface area contributed by atoms with E-state index in [0.29, 0.717) is 32.8 Å². The molecule has 0 radical (unpaired) electrons. The molecular formula is C19H17Cl2NO5. The van der Waals surface area contributed by atoms with E-state index in [2.05, 4.69) is 5.32 Å². The van der Waals surface area contributed by atoms with E-state index >= 15 is 0 Å². The fourth-order valence-electron chi connectivity index (χ4n) is 2.06. The zero-order chi connectivity index (χ0) is 19.8. The second-order valence-electron chi connectivity index (χ2n) is 5.26. The summed E-state index contributed by atoms with van der Waals surface area (Å²) in [7, 11) is 3.00. The van der Waals surface area contributed by atoms with Gasteiger partial charge in [-0.1, -0.05) is 29.3 Å². The van der Waals surface area contributed by atoms with Crippen molar-refractivity contribution in [3.05, 3.63) is 58.1 Å². The van der Waals surface area contributed by atoms with Gasteiger partial charge in [-0.3, -0.25) is 4.79 Å². The molecule has 1 N–H and O–H groups in total. The number of carbonyl (C=O) groups excluding carboxylic acids is 2. The molecule has 142 valence electrons. The molecule has 0 unspecified atom stereocenters. The Hall–Kier alpha value is -2.70. The van der Waals surface area contributed by atoms with Crippen LogP contribution >= 0.6 is 23.2 Å². The van der Waals surface area contributed by atoms with E-state index < -0.39 is 18.5 Å². The molecule has 0 atom stereocenters. The molecule has 0 heterocycles. The number of hydrogen-bond donors (Lipinski definition) is 1. The number of benzene rings is 2. The van der Waals surface area contributed by atoms with Gasteiger partial charge in [0.05, 0.1) is 14.2 Å². The fourth-order valence-corrected chi connectivity index (χ4v) is 2.53. The number of esters is 1. The lowest BCUT2D eigenvalue weighted by Gasteiger charge is -2.09. The molecule has 0 bridgehead atoms. The van der Waals surface area contributed by atoms with Gasteiger partial charge in [0.1, 0.15) is 11.5 Å². The second kappa shape index (κ2) is 9.85. The Labute approximate surface area is 166 Å². The smallest absolute Gasteiger partial charge is 0.331 e. The van der Waals surface area contributed by atoms with E-state index in [9.17, 15) is 9.59 Å². The number of halogens is 2. The van der Waals surface area contributed by atoms with E-state index in [1.54, 1.807) is 36.4 Å². The summed E-state index contributed by atoms with van der Waals surface area (Å²) >= 11 is 11.8. The number of rotatable bonds is 7. The molecular weight excluding hydrogens is 393 g/mol. The highest BCUT2D eigenvalue weighted by Crippen LogP contribution is 2.25. The van der Waals surface area contributed by atoms with Crippen LogP contribution in [0.15, 0.2) is 42.5 Å². The molecule has 0 spiro atoms. The van der Waals surface area contributed by atoms with Crippen molar-refractivity contribution in [1.29, 1.82) is 0 Å². The molecule has 0 aliphatic heterocycles. The Morgan fingerprint density at radius 3 is 2.30 bits per heavy atom. The van der Waals surface area contributed by atoms with Gasteiger partial charge in [0.15, 0.2) is 6.61 Å². The maximum atomic E-state index is 12.0. The third kappa shape index (κ3) is 6.51. The molecule has 2 aromatic carbocycles. The molecule has 0 aliphatic carbocycles. The molecule has 0 saturated carbocycles. The first kappa shape index (κ1) is 20.6. The topological polar surface area (TPSA) is 73.9 Å². The van der Waals surface area contributed by atoms with Crippen LogP contribution in [0, 0.1) is 0 Å². The van der Waals surface area contributed by atoms with Crippen molar-refractivity contribution in [1.82, 2.24) is 0 Å². The highest BCUT2D eigenvalue weighted by Gasteiger charge is 2.08. The number of nitrogens with one attached hydrogen (secondary N) is 1. The van der Waals surface area contributed by atoms with Crippen LogP contribution in [0.1, 0.15) is 5.56 Å². The highest BCUT2D eigenvalue weighted by atomic mass is 35.5. The lowest BCUT2D eigenvalue weighted by molar-refractivity contribution is -0.142. The molecule has 2 rings (SSSR count). The average molecular weight is 410 g/mol. The largest absolute Gasteiger partial charge is 0.497 e. The lowest BCUT2D eigenvalue weighted by Crippen LogP contribution is -2.20. The summed E-state index contributed by atoms with van der Waals surface area (Å²) in [6.45, 7) is -0.447. The molecule has 0 aromatic heterocycles. The maximum absolute atomic E-state index is 12.0. The van der Waals surface area contributed by atoms with Crippen molar-refractivity contribution in [2.75, 3.05) is 26.1 Å². The van der Waals surface area contributed by atoms with Crippen molar-refractivity contribution in [2.45, 2.75) is 0 Å². The minimum Gasteiger partial charge on any atom is -0.497 e. The van der Waals surface area contributed by atoms with E-state index in [0.717, 1.165) is 0 Å². The number of anilines is 1. The normalized spacial score (nSPS) is 10.5. The van der Waals surface area contributed by atoms with Gasteiger partial charge in [0.25, 0.3) is 5.91 Å². The summed E-state index contributed by atoms with van der Waals surface area (Å²) in [6.07, 6.45) is 2.66. The number of hydrogen-bond acceptors (Lipinski definition) is 5. The first-order valence-corrected chi connectivity index (χ1v) is 8.49. The van der Waals surface area contributed by atoms with Crippen molar-refractivity contribution < 1.29 is 23.8 Å². The van der Waals surface area contributed by atoms with Crippen LogP contribution in [0.2, 0.25) is 10.0 Å². The first-order valence-electron chi connectivity index (χ1n) is 7.74. The van der Waals surface area contributed by atoms with Gasteiger partial charge < -0.3 is 19.5 Å². The van der Waals surface area contributed by atoms with Gasteiger partial charge in [-0.2, -0.15) is 0 Å². The van der Waals surface area contributed by atoms with E-state index in [1.165, 1.54) is 26.4 Å². The minimum absolute atomic E-state index is 0.399. The van der Waals surface area contributed by atoms with Crippen molar-refractivity contribution in [3.63, 3.8) is 0 Å². The zero-order valence-electron chi connectivity index (χ0n) is 14.6. The van der Waals surface area contributed by atoms with Crippen LogP contribution in [-0.2, 0) is 14.3 Å². The minimum atomic E-state index is -0.681. The van der Waals surface area contributed by atoms with Crippen LogP contribution in [0.4, 0.5) is 5.69 Å². The van der Waals surface area contributed by atoms with Gasteiger partial charge in [0.2, 0.25) is 0 Å². The van der Waals surface area contributed by atoms with Crippen molar-refractivity contribution in [2.24, 2.45) is 0 Å². The van der Waals surface area contributed by atoms with Crippen LogP contribution in [-0.4, -0.2) is 32.7 Å². The van der Waals surface area contributed by atoms with E-state index in [1.807, 2.05) is 0 Å². The Bertz CT molecular complexity index is 845. The third-order valence-corrected chi connectivity index (χ3v) is 3.90. The fraction of sp³-hybridized carbons (Fsp3) is 0.158. The van der Waals surface area contributed by atoms with Crippen LogP contribution in [0.25, 0.3) is 6.08 Å². The summed E-state index contributed by atoms with van der Waals surface area (Å²) in [4.78, 5) is 23.7. The summed E-state index contributed by atoms with van der Waals surface area (Å²) in [5.41, 5.74) is 1.06. The molecule has 0 aliphatic rings. The number of amides is 1. The standard InChI is InChI=1S/C19H17Cl2NO5/c1-25-15-8-14(9-16(10-15)26-2)22-18(23)11-27-19(24)6-4-12-3-5-13(20)7-17(12)21/h3-10H,11H2,1-2H3,(H,22,23). The van der Waals surface area contributed by atoms with Crippen LogP contribution in [0.5, 0.6) is 11.5 Å². The molecule has 27 heavy (non-hydrogen) atoms. The number of methoxy groups -OCH3 is 2. The van der Waals surface area contributed by atoms with Crippen LogP contribution < -0.4 is 14.8 Å². The Balaban J connectivity index is 1.89. The molecule has 0 fully saturated rings. The molecule has 2 aromatic rings. The summed E-state index contributed by atoms with van der Waals surface area (Å²) in [5, 5.41) is 3.49. The molecule has 1 amide bonds. The van der Waals surface area contributed by atoms with Crippen LogP contribution in [0.3, 0.4) is 0 Å². The maximum Gasteiger partial charge on any atom is 0.331 e. The molecule has 6 nitrogen and oxygen atoms in total. The Morgan fingerprint density at radius 2 is 1.70 bits per heavy atom. The third-order valence-electron chi connectivity index (χ3n) is 3.34. The van der Waals surface area contributed by atoms with E-state index in [4.69, 9.17) is 37.4 Å². The zero-order valence-corrected chi connectivity index (χ0v) is 16.1. The Morgan fingerprint density at radius 1 is 1.04 bits per heavy atom. The predicted octanol–water partition coefficient (Wildman–Crippen LogP) is 4.21. The second-order valence-corrected chi connectivity index (χ2v) is 6.10. The van der Waals surface area contributed by atoms with Gasteiger partial charge in [-0.15, -0.1) is 0 Å². The summed E-state index contributed by atoms with van der Waals surface area (Å²) in [5.74, 6) is -0.148. The Kier molecular flexibility index (Phi) is 7.52. The number of carbonyl (C=O) groups is 2. The molecule has 8 heteroatoms. The quantitative estimate of drug-likeness (QED) is 0.547. The van der Waals surface area contributed by atoms with Crippen molar-refractivity contribution in [3.8, 4) is 11.5 Å². The predicted molar refractivity (Wildman–Crippen MR) is 105 cm³/mol. The van der Waals surface area contributed by atoms with Gasteiger partial charge in [0, 0.05) is 40.0 Å². The summed E-state index contributed by atoms with van der Waals surface area (Å²) in [6, 6.07) is 9.77. The van der Waals surface area contributed by atoms with Gasteiger partial charge in [-0.05, 0) is 23.8 Å².